The molecule has 1 amide bonds. The molecule has 0 aromatic heterocycles. The Labute approximate surface area is 127 Å². The van der Waals surface area contributed by atoms with Crippen LogP contribution in [-0.4, -0.2) is 43.3 Å². The van der Waals surface area contributed by atoms with Gasteiger partial charge in [0.25, 0.3) is 5.91 Å². The molecule has 7 heteroatoms. The van der Waals surface area contributed by atoms with Crippen molar-refractivity contribution >= 4 is 5.91 Å². The van der Waals surface area contributed by atoms with Crippen molar-refractivity contribution in [2.75, 3.05) is 20.1 Å². The SMILES string of the molecule is CN(C(=O)c1ccc(OC(F)(F)F)cc1)C1CCCNCC1. The van der Waals surface area contributed by atoms with E-state index >= 15 is 0 Å². The first-order chi connectivity index (χ1) is 10.4. The van der Waals surface area contributed by atoms with Gasteiger partial charge in [-0.3, -0.25) is 4.79 Å². The highest BCUT2D eigenvalue weighted by Crippen LogP contribution is 2.23. The maximum atomic E-state index is 12.4. The summed E-state index contributed by atoms with van der Waals surface area (Å²) in [6.45, 7) is 1.81. The maximum Gasteiger partial charge on any atom is 0.573 e. The molecule has 2 rings (SSSR count). The van der Waals surface area contributed by atoms with Crippen molar-refractivity contribution in [2.24, 2.45) is 0 Å². The molecule has 0 radical (unpaired) electrons. The predicted molar refractivity (Wildman–Crippen MR) is 75.7 cm³/mol. The quantitative estimate of drug-likeness (QED) is 0.932. The van der Waals surface area contributed by atoms with Crippen LogP contribution in [0.1, 0.15) is 29.6 Å². The van der Waals surface area contributed by atoms with Gasteiger partial charge in [-0.2, -0.15) is 0 Å². The molecule has 122 valence electrons. The molecule has 1 fully saturated rings. The van der Waals surface area contributed by atoms with Crippen molar-refractivity contribution in [1.82, 2.24) is 10.2 Å². The minimum Gasteiger partial charge on any atom is -0.406 e. The molecular formula is C15H19F3N2O2. The van der Waals surface area contributed by atoms with Gasteiger partial charge in [0, 0.05) is 18.7 Å². The van der Waals surface area contributed by atoms with Crippen molar-refractivity contribution < 1.29 is 22.7 Å². The van der Waals surface area contributed by atoms with E-state index < -0.39 is 6.36 Å². The fourth-order valence-corrected chi connectivity index (χ4v) is 2.56. The molecular weight excluding hydrogens is 297 g/mol. The molecule has 0 saturated carbocycles. The van der Waals surface area contributed by atoms with Crippen molar-refractivity contribution in [3.8, 4) is 5.75 Å². The van der Waals surface area contributed by atoms with Crippen LogP contribution in [0.15, 0.2) is 24.3 Å². The molecule has 1 N–H and O–H groups in total. The lowest BCUT2D eigenvalue weighted by molar-refractivity contribution is -0.274. The number of benzene rings is 1. The summed E-state index contributed by atoms with van der Waals surface area (Å²) in [6.07, 6.45) is -1.93. The second-order valence-electron chi connectivity index (χ2n) is 5.32. The van der Waals surface area contributed by atoms with Crippen LogP contribution in [0.2, 0.25) is 0 Å². The Kier molecular flexibility index (Phi) is 5.28. The first-order valence-corrected chi connectivity index (χ1v) is 7.20. The Morgan fingerprint density at radius 3 is 2.55 bits per heavy atom. The van der Waals surface area contributed by atoms with Crippen LogP contribution in [0.25, 0.3) is 0 Å². The van der Waals surface area contributed by atoms with Gasteiger partial charge in [-0.05, 0) is 56.6 Å². The number of amides is 1. The Morgan fingerprint density at radius 1 is 1.23 bits per heavy atom. The van der Waals surface area contributed by atoms with Crippen LogP contribution in [0.5, 0.6) is 5.75 Å². The van der Waals surface area contributed by atoms with Crippen LogP contribution in [0.3, 0.4) is 0 Å². The van der Waals surface area contributed by atoms with E-state index in [1.807, 2.05) is 0 Å². The van der Waals surface area contributed by atoms with Gasteiger partial charge >= 0.3 is 6.36 Å². The molecule has 0 bridgehead atoms. The first-order valence-electron chi connectivity index (χ1n) is 7.20. The Balaban J connectivity index is 2.02. The number of nitrogens with one attached hydrogen (secondary N) is 1. The number of hydrogen-bond acceptors (Lipinski definition) is 3. The van der Waals surface area contributed by atoms with Crippen LogP contribution in [0.4, 0.5) is 13.2 Å². The molecule has 1 saturated heterocycles. The van der Waals surface area contributed by atoms with Crippen molar-refractivity contribution in [2.45, 2.75) is 31.7 Å². The van der Waals surface area contributed by atoms with E-state index in [1.54, 1.807) is 11.9 Å². The largest absolute Gasteiger partial charge is 0.573 e. The third-order valence-electron chi connectivity index (χ3n) is 3.75. The summed E-state index contributed by atoms with van der Waals surface area (Å²) >= 11 is 0. The standard InChI is InChI=1S/C15H19F3N2O2/c1-20(12-3-2-9-19-10-8-12)14(21)11-4-6-13(7-5-11)22-15(16,17)18/h4-7,12,19H,2-3,8-10H2,1H3. The summed E-state index contributed by atoms with van der Waals surface area (Å²) in [5.74, 6) is -0.518. The van der Waals surface area contributed by atoms with Crippen molar-refractivity contribution in [3.05, 3.63) is 29.8 Å². The number of ether oxygens (including phenoxy) is 1. The van der Waals surface area contributed by atoms with Gasteiger partial charge in [0.05, 0.1) is 0 Å². The number of carbonyl (C=O) groups is 1. The topological polar surface area (TPSA) is 41.6 Å². The van der Waals surface area contributed by atoms with E-state index in [4.69, 9.17) is 0 Å². The minimum atomic E-state index is -4.73. The average molecular weight is 316 g/mol. The molecule has 0 spiro atoms. The molecule has 4 nitrogen and oxygen atoms in total. The van der Waals surface area contributed by atoms with Crippen LogP contribution in [0, 0.1) is 0 Å². The van der Waals surface area contributed by atoms with Gasteiger partial charge in [-0.15, -0.1) is 13.2 Å². The van der Waals surface area contributed by atoms with Crippen molar-refractivity contribution in [3.63, 3.8) is 0 Å². The Hall–Kier alpha value is -1.76. The van der Waals surface area contributed by atoms with Gasteiger partial charge in [0.1, 0.15) is 5.75 Å². The maximum absolute atomic E-state index is 12.4. The number of carbonyl (C=O) groups excluding carboxylic acids is 1. The van der Waals surface area contributed by atoms with Gasteiger partial charge < -0.3 is 15.0 Å². The fourth-order valence-electron chi connectivity index (χ4n) is 2.56. The zero-order chi connectivity index (χ0) is 16.2. The lowest BCUT2D eigenvalue weighted by atomic mass is 10.1. The van der Waals surface area contributed by atoms with Gasteiger partial charge in [0.2, 0.25) is 0 Å². The number of nitrogens with zero attached hydrogens (tertiary/aromatic N) is 1. The highest BCUT2D eigenvalue weighted by Gasteiger charge is 2.31. The number of halogens is 3. The van der Waals surface area contributed by atoms with Gasteiger partial charge in [-0.25, -0.2) is 0 Å². The monoisotopic (exact) mass is 316 g/mol. The van der Waals surface area contributed by atoms with Gasteiger partial charge in [0.15, 0.2) is 0 Å². The predicted octanol–water partition coefficient (Wildman–Crippen LogP) is 2.80. The van der Waals surface area contributed by atoms with E-state index in [-0.39, 0.29) is 17.7 Å². The minimum absolute atomic E-state index is 0.147. The summed E-state index contributed by atoms with van der Waals surface area (Å²) in [4.78, 5) is 14.1. The molecule has 1 atom stereocenters. The molecule has 0 aliphatic carbocycles. The number of rotatable bonds is 3. The summed E-state index contributed by atoms with van der Waals surface area (Å²) in [5, 5.41) is 3.28. The zero-order valence-electron chi connectivity index (χ0n) is 12.3. The molecule has 1 aliphatic heterocycles. The lowest BCUT2D eigenvalue weighted by Crippen LogP contribution is -2.37. The van der Waals surface area contributed by atoms with E-state index in [9.17, 15) is 18.0 Å². The Morgan fingerprint density at radius 2 is 1.91 bits per heavy atom. The number of hydrogen-bond donors (Lipinski definition) is 1. The highest BCUT2D eigenvalue weighted by molar-refractivity contribution is 5.94. The average Bonchev–Trinajstić information content (AvgIpc) is 2.74. The number of alkyl halides is 3. The fraction of sp³-hybridized carbons (Fsp3) is 0.533. The van der Waals surface area contributed by atoms with E-state index in [2.05, 4.69) is 10.1 Å². The molecule has 1 unspecified atom stereocenters. The molecule has 1 aromatic carbocycles. The summed E-state index contributed by atoms with van der Waals surface area (Å²) in [5.41, 5.74) is 0.356. The van der Waals surface area contributed by atoms with Crippen LogP contribution >= 0.6 is 0 Å². The van der Waals surface area contributed by atoms with E-state index in [0.29, 0.717) is 5.56 Å². The third-order valence-corrected chi connectivity index (χ3v) is 3.75. The normalized spacial score (nSPS) is 19.4. The second kappa shape index (κ2) is 7.00. The van der Waals surface area contributed by atoms with Crippen LogP contribution in [-0.2, 0) is 0 Å². The molecule has 22 heavy (non-hydrogen) atoms. The highest BCUT2D eigenvalue weighted by atomic mass is 19.4. The Bertz CT molecular complexity index is 495. The zero-order valence-corrected chi connectivity index (χ0v) is 12.3. The smallest absolute Gasteiger partial charge is 0.406 e. The summed E-state index contributed by atoms with van der Waals surface area (Å²) in [6, 6.07) is 5.17. The molecule has 1 heterocycles. The summed E-state index contributed by atoms with van der Waals surface area (Å²) in [7, 11) is 1.73. The molecule has 1 aromatic rings. The van der Waals surface area contributed by atoms with Crippen LogP contribution < -0.4 is 10.1 Å². The first kappa shape index (κ1) is 16.6. The third kappa shape index (κ3) is 4.62. The van der Waals surface area contributed by atoms with Gasteiger partial charge in [-0.1, -0.05) is 0 Å². The van der Waals surface area contributed by atoms with Crippen molar-refractivity contribution in [1.29, 1.82) is 0 Å². The van der Waals surface area contributed by atoms with E-state index in [1.165, 1.54) is 12.1 Å². The second-order valence-corrected chi connectivity index (χ2v) is 5.32. The molecule has 1 aliphatic rings. The van der Waals surface area contributed by atoms with E-state index in [0.717, 1.165) is 44.5 Å². The lowest BCUT2D eigenvalue weighted by Gasteiger charge is -2.27. The summed E-state index contributed by atoms with van der Waals surface area (Å²) < 4.78 is 40.1.